The topological polar surface area (TPSA) is 58.3 Å². The first kappa shape index (κ1) is 15.5. The van der Waals surface area contributed by atoms with E-state index in [1.54, 1.807) is 0 Å². The molecule has 0 heterocycles. The third-order valence-corrected chi connectivity index (χ3v) is 4.69. The number of rotatable bonds is 5. The van der Waals surface area contributed by atoms with Crippen LogP contribution in [0.2, 0.25) is 0 Å². The predicted octanol–water partition coefficient (Wildman–Crippen LogP) is 2.44. The fourth-order valence-corrected chi connectivity index (χ4v) is 3.55. The lowest BCUT2D eigenvalue weighted by Gasteiger charge is -2.35. The van der Waals surface area contributed by atoms with Crippen molar-refractivity contribution in [1.29, 1.82) is 0 Å². The molecule has 0 amide bonds. The van der Waals surface area contributed by atoms with E-state index in [1.807, 2.05) is 0 Å². The number of aliphatic hydroxyl groups excluding tert-OH is 1. The van der Waals surface area contributed by atoms with Gasteiger partial charge in [-0.2, -0.15) is 0 Å². The van der Waals surface area contributed by atoms with Crippen LogP contribution < -0.4 is 11.1 Å². The maximum absolute atomic E-state index is 9.56. The van der Waals surface area contributed by atoms with Crippen LogP contribution in [0.25, 0.3) is 0 Å². The molecule has 20 heavy (non-hydrogen) atoms. The lowest BCUT2D eigenvalue weighted by Crippen LogP contribution is -2.44. The van der Waals surface area contributed by atoms with Gasteiger partial charge in [0.1, 0.15) is 0 Å². The standard InChI is InChI=1S/C17H28N2O/c1-12-6-5-7-13(2)17(12)16(10-18)19-15-9-4-3-8-14(15)11-20/h5-7,14-16,19-20H,3-4,8-11,18H2,1-2H3. The molecular formula is C17H28N2O. The van der Waals surface area contributed by atoms with E-state index < -0.39 is 0 Å². The quantitative estimate of drug-likeness (QED) is 0.774. The Hall–Kier alpha value is -0.900. The molecule has 0 spiro atoms. The molecule has 1 aromatic rings. The Morgan fingerprint density at radius 3 is 2.50 bits per heavy atom. The minimum absolute atomic E-state index is 0.188. The number of nitrogens with two attached hydrogens (primary N) is 1. The highest BCUT2D eigenvalue weighted by molar-refractivity contribution is 5.36. The molecule has 1 fully saturated rings. The molecule has 1 saturated carbocycles. The summed E-state index contributed by atoms with van der Waals surface area (Å²) in [5.41, 5.74) is 9.94. The zero-order valence-electron chi connectivity index (χ0n) is 12.7. The van der Waals surface area contributed by atoms with E-state index in [-0.39, 0.29) is 12.6 Å². The highest BCUT2D eigenvalue weighted by Crippen LogP contribution is 2.28. The van der Waals surface area contributed by atoms with Gasteiger partial charge in [-0.15, -0.1) is 0 Å². The second-order valence-electron chi connectivity index (χ2n) is 6.09. The molecule has 0 saturated heterocycles. The highest BCUT2D eigenvalue weighted by Gasteiger charge is 2.27. The van der Waals surface area contributed by atoms with E-state index in [4.69, 9.17) is 5.73 Å². The van der Waals surface area contributed by atoms with Crippen LogP contribution in [0.15, 0.2) is 18.2 Å². The molecule has 112 valence electrons. The number of aliphatic hydroxyl groups is 1. The Labute approximate surface area is 122 Å². The Morgan fingerprint density at radius 1 is 1.25 bits per heavy atom. The fraction of sp³-hybridized carbons (Fsp3) is 0.647. The lowest BCUT2D eigenvalue weighted by molar-refractivity contribution is 0.146. The summed E-state index contributed by atoms with van der Waals surface area (Å²) in [6.45, 7) is 5.18. The molecule has 4 N–H and O–H groups in total. The van der Waals surface area contributed by atoms with Crippen LogP contribution in [-0.2, 0) is 0 Å². The Bertz CT molecular complexity index is 413. The molecule has 3 heteroatoms. The van der Waals surface area contributed by atoms with Crippen molar-refractivity contribution in [2.45, 2.75) is 51.6 Å². The average molecular weight is 276 g/mol. The molecule has 3 atom stereocenters. The third-order valence-electron chi connectivity index (χ3n) is 4.69. The first-order valence-electron chi connectivity index (χ1n) is 7.80. The monoisotopic (exact) mass is 276 g/mol. The van der Waals surface area contributed by atoms with Crippen molar-refractivity contribution >= 4 is 0 Å². The fourth-order valence-electron chi connectivity index (χ4n) is 3.55. The summed E-state index contributed by atoms with van der Waals surface area (Å²) in [7, 11) is 0. The van der Waals surface area contributed by atoms with Gasteiger partial charge in [0.05, 0.1) is 0 Å². The maximum Gasteiger partial charge on any atom is 0.0474 e. The summed E-state index contributed by atoms with van der Waals surface area (Å²) in [6.07, 6.45) is 4.75. The van der Waals surface area contributed by atoms with Crippen molar-refractivity contribution in [3.63, 3.8) is 0 Å². The van der Waals surface area contributed by atoms with Gasteiger partial charge < -0.3 is 16.2 Å². The largest absolute Gasteiger partial charge is 0.396 e. The van der Waals surface area contributed by atoms with Gasteiger partial charge in [-0.3, -0.25) is 0 Å². The predicted molar refractivity (Wildman–Crippen MR) is 83.7 cm³/mol. The minimum Gasteiger partial charge on any atom is -0.396 e. The first-order valence-corrected chi connectivity index (χ1v) is 7.80. The molecule has 0 bridgehead atoms. The normalized spacial score (nSPS) is 24.6. The van der Waals surface area contributed by atoms with E-state index in [2.05, 4.69) is 37.4 Å². The molecule has 2 rings (SSSR count). The summed E-state index contributed by atoms with van der Waals surface area (Å²) >= 11 is 0. The molecular weight excluding hydrogens is 248 g/mol. The van der Waals surface area contributed by atoms with Crippen molar-refractivity contribution in [1.82, 2.24) is 5.32 Å². The molecule has 0 radical (unpaired) electrons. The van der Waals surface area contributed by atoms with Gasteiger partial charge in [-0.1, -0.05) is 31.0 Å². The molecule has 0 aromatic heterocycles. The molecule has 3 nitrogen and oxygen atoms in total. The van der Waals surface area contributed by atoms with Crippen LogP contribution in [0, 0.1) is 19.8 Å². The smallest absolute Gasteiger partial charge is 0.0474 e. The highest BCUT2D eigenvalue weighted by atomic mass is 16.3. The Morgan fingerprint density at radius 2 is 1.90 bits per heavy atom. The summed E-state index contributed by atoms with van der Waals surface area (Å²) in [5, 5.41) is 13.3. The summed E-state index contributed by atoms with van der Waals surface area (Å²) < 4.78 is 0. The van der Waals surface area contributed by atoms with Gasteiger partial charge >= 0.3 is 0 Å². The molecule has 1 aliphatic carbocycles. The number of benzene rings is 1. The van der Waals surface area contributed by atoms with Gasteiger partial charge in [0.15, 0.2) is 0 Å². The molecule has 1 aliphatic rings. The number of nitrogens with one attached hydrogen (secondary N) is 1. The molecule has 1 aromatic carbocycles. The molecule has 3 unspecified atom stereocenters. The zero-order valence-corrected chi connectivity index (χ0v) is 12.7. The van der Waals surface area contributed by atoms with Crippen LogP contribution in [-0.4, -0.2) is 24.3 Å². The van der Waals surface area contributed by atoms with Crippen LogP contribution >= 0.6 is 0 Å². The van der Waals surface area contributed by atoms with Gasteiger partial charge in [0.25, 0.3) is 0 Å². The van der Waals surface area contributed by atoms with Crippen molar-refractivity contribution in [3.8, 4) is 0 Å². The summed E-state index contributed by atoms with van der Waals surface area (Å²) in [6, 6.07) is 6.97. The second-order valence-corrected chi connectivity index (χ2v) is 6.09. The number of hydrogen-bond donors (Lipinski definition) is 3. The van der Waals surface area contributed by atoms with Gasteiger partial charge in [0.2, 0.25) is 0 Å². The molecule has 0 aliphatic heterocycles. The van der Waals surface area contributed by atoms with Gasteiger partial charge in [0, 0.05) is 25.2 Å². The van der Waals surface area contributed by atoms with Crippen LogP contribution in [0.4, 0.5) is 0 Å². The Balaban J connectivity index is 2.16. The van der Waals surface area contributed by atoms with Crippen LogP contribution in [0.3, 0.4) is 0 Å². The number of aryl methyl sites for hydroxylation is 2. The van der Waals surface area contributed by atoms with E-state index in [0.717, 1.165) is 12.8 Å². The Kier molecular flexibility index (Phi) is 5.58. The summed E-state index contributed by atoms with van der Waals surface area (Å²) in [4.78, 5) is 0. The van der Waals surface area contributed by atoms with E-state index >= 15 is 0 Å². The summed E-state index contributed by atoms with van der Waals surface area (Å²) in [5.74, 6) is 0.377. The van der Waals surface area contributed by atoms with E-state index in [0.29, 0.717) is 18.5 Å². The van der Waals surface area contributed by atoms with Crippen LogP contribution in [0.1, 0.15) is 48.4 Å². The lowest BCUT2D eigenvalue weighted by atomic mass is 9.84. The first-order chi connectivity index (χ1) is 9.67. The zero-order chi connectivity index (χ0) is 14.5. The van der Waals surface area contributed by atoms with Crippen molar-refractivity contribution in [2.24, 2.45) is 11.7 Å². The average Bonchev–Trinajstić information content (AvgIpc) is 2.46. The SMILES string of the molecule is Cc1cccc(C)c1C(CN)NC1CCCCC1CO. The van der Waals surface area contributed by atoms with Gasteiger partial charge in [-0.05, 0) is 49.3 Å². The second kappa shape index (κ2) is 7.21. The number of hydrogen-bond acceptors (Lipinski definition) is 3. The van der Waals surface area contributed by atoms with E-state index in [1.165, 1.54) is 29.5 Å². The third kappa shape index (κ3) is 3.40. The van der Waals surface area contributed by atoms with E-state index in [9.17, 15) is 5.11 Å². The van der Waals surface area contributed by atoms with Crippen molar-refractivity contribution < 1.29 is 5.11 Å². The van der Waals surface area contributed by atoms with Crippen molar-refractivity contribution in [3.05, 3.63) is 34.9 Å². The minimum atomic E-state index is 0.188. The van der Waals surface area contributed by atoms with Crippen LogP contribution in [0.5, 0.6) is 0 Å². The van der Waals surface area contributed by atoms with Crippen molar-refractivity contribution in [2.75, 3.05) is 13.2 Å². The maximum atomic E-state index is 9.56. The van der Waals surface area contributed by atoms with Gasteiger partial charge in [-0.25, -0.2) is 0 Å².